The highest BCUT2D eigenvalue weighted by atomic mass is 16.1. The van der Waals surface area contributed by atoms with Crippen molar-refractivity contribution in [3.63, 3.8) is 0 Å². The van der Waals surface area contributed by atoms with E-state index in [9.17, 15) is 4.79 Å². The maximum absolute atomic E-state index is 12.1. The zero-order chi connectivity index (χ0) is 14.5. The lowest BCUT2D eigenvalue weighted by atomic mass is 10.1. The predicted octanol–water partition coefficient (Wildman–Crippen LogP) is 1.87. The molecule has 0 fully saturated rings. The molecule has 1 aromatic heterocycles. The molecule has 0 radical (unpaired) electrons. The van der Waals surface area contributed by atoms with E-state index in [1.807, 2.05) is 28.9 Å². The number of hydrogen-bond acceptors (Lipinski definition) is 4. The molecule has 0 spiro atoms. The molecule has 20 heavy (non-hydrogen) atoms. The average Bonchev–Trinajstić information content (AvgIpc) is 2.75. The summed E-state index contributed by atoms with van der Waals surface area (Å²) in [5.74, 6) is 1.32. The number of rotatable bonds is 6. The number of benzene rings is 1. The fourth-order valence-electron chi connectivity index (χ4n) is 2.09. The molecule has 1 aromatic carbocycles. The molecular weight excluding hydrogens is 252 g/mol. The Kier molecular flexibility index (Phi) is 4.50. The third-order valence-corrected chi connectivity index (χ3v) is 2.94. The molecule has 106 valence electrons. The summed E-state index contributed by atoms with van der Waals surface area (Å²) in [6.45, 7) is 5.00. The van der Waals surface area contributed by atoms with Crippen LogP contribution in [0.15, 0.2) is 30.6 Å². The van der Waals surface area contributed by atoms with Gasteiger partial charge in [0.15, 0.2) is 0 Å². The summed E-state index contributed by atoms with van der Waals surface area (Å²) in [5, 5.41) is 4.16. The second kappa shape index (κ2) is 6.32. The van der Waals surface area contributed by atoms with Crippen molar-refractivity contribution in [2.75, 3.05) is 5.73 Å². The maximum atomic E-state index is 12.1. The molecule has 0 saturated heterocycles. The van der Waals surface area contributed by atoms with Gasteiger partial charge in [-0.1, -0.05) is 26.0 Å². The minimum Gasteiger partial charge on any atom is -0.399 e. The Balaban J connectivity index is 2.00. The van der Waals surface area contributed by atoms with Crippen molar-refractivity contribution in [1.29, 1.82) is 0 Å². The van der Waals surface area contributed by atoms with Crippen molar-refractivity contribution in [1.82, 2.24) is 14.8 Å². The van der Waals surface area contributed by atoms with Gasteiger partial charge in [-0.15, -0.1) is 0 Å². The summed E-state index contributed by atoms with van der Waals surface area (Å²) in [4.78, 5) is 16.3. The molecule has 0 amide bonds. The molecule has 0 bridgehead atoms. The Bertz CT molecular complexity index is 589. The normalized spacial score (nSPS) is 10.9. The number of nitrogen functional groups attached to an aromatic ring is 1. The van der Waals surface area contributed by atoms with E-state index in [-0.39, 0.29) is 5.78 Å². The van der Waals surface area contributed by atoms with Crippen LogP contribution < -0.4 is 5.73 Å². The molecule has 2 aromatic rings. The van der Waals surface area contributed by atoms with Gasteiger partial charge in [0.2, 0.25) is 0 Å². The minimum atomic E-state index is 0.119. The number of nitrogens with zero attached hydrogens (tertiary/aromatic N) is 3. The smallest absolute Gasteiger partial charge is 0.144 e. The number of ketones is 1. The molecule has 5 nitrogen and oxygen atoms in total. The van der Waals surface area contributed by atoms with Crippen LogP contribution >= 0.6 is 0 Å². The first-order valence-electron chi connectivity index (χ1n) is 6.77. The highest BCUT2D eigenvalue weighted by Gasteiger charge is 2.12. The number of carbonyl (C=O) groups excluding carboxylic acids is 1. The Morgan fingerprint density at radius 3 is 2.85 bits per heavy atom. The van der Waals surface area contributed by atoms with Gasteiger partial charge in [0.1, 0.15) is 17.9 Å². The summed E-state index contributed by atoms with van der Waals surface area (Å²) in [6.07, 6.45) is 2.19. The van der Waals surface area contributed by atoms with Crippen molar-refractivity contribution >= 4 is 11.5 Å². The van der Waals surface area contributed by atoms with Crippen molar-refractivity contribution < 1.29 is 4.79 Å². The lowest BCUT2D eigenvalue weighted by Gasteiger charge is -2.08. The summed E-state index contributed by atoms with van der Waals surface area (Å²) in [7, 11) is 0. The topological polar surface area (TPSA) is 73.8 Å². The fraction of sp³-hybridized carbons (Fsp3) is 0.400. The SMILES string of the molecule is CC(C)Cn1ncnc1CC(=O)Cc1cccc(N)c1. The number of hydrogen-bond donors (Lipinski definition) is 1. The van der Waals surface area contributed by atoms with Crippen molar-refractivity contribution in [2.24, 2.45) is 5.92 Å². The van der Waals surface area contributed by atoms with Gasteiger partial charge in [-0.05, 0) is 23.6 Å². The molecule has 0 atom stereocenters. The first kappa shape index (κ1) is 14.2. The lowest BCUT2D eigenvalue weighted by Crippen LogP contribution is -2.15. The number of Topliss-reactive ketones (excluding diaryl/α,β-unsaturated/α-hetero) is 1. The second-order valence-corrected chi connectivity index (χ2v) is 5.39. The third-order valence-electron chi connectivity index (χ3n) is 2.94. The van der Waals surface area contributed by atoms with Crippen molar-refractivity contribution in [3.8, 4) is 0 Å². The maximum Gasteiger partial charge on any atom is 0.144 e. The molecule has 5 heteroatoms. The lowest BCUT2D eigenvalue weighted by molar-refractivity contribution is -0.117. The Morgan fingerprint density at radius 1 is 1.35 bits per heavy atom. The van der Waals surface area contributed by atoms with Crippen molar-refractivity contribution in [2.45, 2.75) is 33.2 Å². The Hall–Kier alpha value is -2.17. The van der Waals surface area contributed by atoms with Crippen LogP contribution in [0.4, 0.5) is 5.69 Å². The molecule has 2 rings (SSSR count). The van der Waals surface area contributed by atoms with Crippen LogP contribution in [0, 0.1) is 5.92 Å². The minimum absolute atomic E-state index is 0.119. The van der Waals surface area contributed by atoms with Crippen LogP contribution in [0.3, 0.4) is 0 Å². The van der Waals surface area contributed by atoms with Crippen LogP contribution in [0.1, 0.15) is 25.2 Å². The van der Waals surface area contributed by atoms with Gasteiger partial charge in [-0.25, -0.2) is 9.67 Å². The first-order valence-corrected chi connectivity index (χ1v) is 6.77. The number of nitrogens with two attached hydrogens (primary N) is 1. The van der Waals surface area contributed by atoms with E-state index in [0.29, 0.717) is 24.4 Å². The van der Waals surface area contributed by atoms with E-state index >= 15 is 0 Å². The third kappa shape index (κ3) is 3.91. The quantitative estimate of drug-likeness (QED) is 0.815. The Labute approximate surface area is 118 Å². The zero-order valence-electron chi connectivity index (χ0n) is 11.9. The van der Waals surface area contributed by atoms with Gasteiger partial charge >= 0.3 is 0 Å². The van der Waals surface area contributed by atoms with Crippen LogP contribution in [0.2, 0.25) is 0 Å². The van der Waals surface area contributed by atoms with Crippen LogP contribution in [-0.4, -0.2) is 20.5 Å². The number of aromatic nitrogens is 3. The van der Waals surface area contributed by atoms with Crippen molar-refractivity contribution in [3.05, 3.63) is 42.0 Å². The van der Waals surface area contributed by atoms with Gasteiger partial charge < -0.3 is 5.73 Å². The first-order chi connectivity index (χ1) is 9.54. The largest absolute Gasteiger partial charge is 0.399 e. The molecule has 2 N–H and O–H groups in total. The van der Waals surface area contributed by atoms with Gasteiger partial charge in [-0.3, -0.25) is 4.79 Å². The van der Waals surface area contributed by atoms with E-state index in [2.05, 4.69) is 23.9 Å². The standard InChI is InChI=1S/C15H20N4O/c1-11(2)9-19-15(17-10-18-19)8-14(20)7-12-4-3-5-13(16)6-12/h3-6,10-11H,7-9,16H2,1-2H3. The molecule has 0 unspecified atom stereocenters. The van der Waals surface area contributed by atoms with E-state index in [0.717, 1.165) is 17.9 Å². The number of carbonyl (C=O) groups is 1. The highest BCUT2D eigenvalue weighted by Crippen LogP contribution is 2.09. The molecule has 0 aliphatic rings. The molecule has 1 heterocycles. The van der Waals surface area contributed by atoms with E-state index in [1.165, 1.54) is 6.33 Å². The second-order valence-electron chi connectivity index (χ2n) is 5.39. The van der Waals surface area contributed by atoms with E-state index < -0.39 is 0 Å². The zero-order valence-corrected chi connectivity index (χ0v) is 11.9. The average molecular weight is 272 g/mol. The van der Waals surface area contributed by atoms with Crippen LogP contribution in [0.5, 0.6) is 0 Å². The molecule has 0 aliphatic carbocycles. The fourth-order valence-corrected chi connectivity index (χ4v) is 2.09. The molecular formula is C15H20N4O. The van der Waals surface area contributed by atoms with Gasteiger partial charge in [-0.2, -0.15) is 5.10 Å². The number of anilines is 1. The van der Waals surface area contributed by atoms with Gasteiger partial charge in [0, 0.05) is 18.7 Å². The van der Waals surface area contributed by atoms with Gasteiger partial charge in [0.05, 0.1) is 6.42 Å². The van der Waals surface area contributed by atoms with E-state index in [4.69, 9.17) is 5.73 Å². The monoisotopic (exact) mass is 272 g/mol. The summed E-state index contributed by atoms with van der Waals surface area (Å²) < 4.78 is 1.81. The summed E-state index contributed by atoms with van der Waals surface area (Å²) in [6, 6.07) is 7.41. The van der Waals surface area contributed by atoms with Crippen LogP contribution in [-0.2, 0) is 24.2 Å². The predicted molar refractivity (Wildman–Crippen MR) is 78.1 cm³/mol. The Morgan fingerprint density at radius 2 is 2.15 bits per heavy atom. The van der Waals surface area contributed by atoms with Crippen LogP contribution in [0.25, 0.3) is 0 Å². The summed E-state index contributed by atoms with van der Waals surface area (Å²) >= 11 is 0. The summed E-state index contributed by atoms with van der Waals surface area (Å²) in [5.41, 5.74) is 7.33. The highest BCUT2D eigenvalue weighted by molar-refractivity contribution is 5.82. The molecule has 0 saturated carbocycles. The molecule has 0 aliphatic heterocycles. The van der Waals surface area contributed by atoms with E-state index in [1.54, 1.807) is 0 Å². The van der Waals surface area contributed by atoms with Gasteiger partial charge in [0.25, 0.3) is 0 Å².